The highest BCUT2D eigenvalue weighted by molar-refractivity contribution is 6.76. The molecule has 0 aromatic heterocycles. The molecule has 1 spiro atoms. The lowest BCUT2D eigenvalue weighted by molar-refractivity contribution is 0.0218. The molecule has 1 aromatic rings. The van der Waals surface area contributed by atoms with E-state index < -0.39 is 8.07 Å². The third kappa shape index (κ3) is 4.85. The van der Waals surface area contributed by atoms with Crippen molar-refractivity contribution in [3.05, 3.63) is 29.8 Å². The molecule has 1 saturated carbocycles. The van der Waals surface area contributed by atoms with Gasteiger partial charge in [0.2, 0.25) is 0 Å². The minimum absolute atomic E-state index is 0.136. The molecule has 1 heterocycles. The summed E-state index contributed by atoms with van der Waals surface area (Å²) in [6.07, 6.45) is 4.02. The van der Waals surface area contributed by atoms with Crippen molar-refractivity contribution in [3.8, 4) is 5.75 Å². The lowest BCUT2D eigenvalue weighted by atomic mass is 9.67. The second-order valence-corrected chi connectivity index (χ2v) is 14.5. The smallest absolute Gasteiger partial charge is 0.189 e. The zero-order valence-electron chi connectivity index (χ0n) is 15.8. The maximum absolute atomic E-state index is 10.1. The SMILES string of the molecule is C[Si](C)(C)CCOCOc1cccc(C2(CO)CCC3(CC2)CO3)c1. The molecular weight excluding hydrogens is 332 g/mol. The molecule has 1 aliphatic carbocycles. The molecule has 0 radical (unpaired) electrons. The molecule has 25 heavy (non-hydrogen) atoms. The first kappa shape index (κ1) is 18.9. The third-order valence-corrected chi connectivity index (χ3v) is 7.43. The van der Waals surface area contributed by atoms with Crippen LogP contribution in [-0.2, 0) is 14.9 Å². The number of epoxide rings is 1. The summed E-state index contributed by atoms with van der Waals surface area (Å²) in [6.45, 7) is 9.16. The van der Waals surface area contributed by atoms with Gasteiger partial charge in [0.05, 0.1) is 18.8 Å². The molecule has 0 atom stereocenters. The molecule has 3 rings (SSSR count). The van der Waals surface area contributed by atoms with Crippen LogP contribution < -0.4 is 4.74 Å². The topological polar surface area (TPSA) is 51.2 Å². The van der Waals surface area contributed by atoms with E-state index in [2.05, 4.69) is 31.8 Å². The predicted octanol–water partition coefficient (Wildman–Crippen LogP) is 3.95. The normalized spacial score (nSPS) is 29.0. The van der Waals surface area contributed by atoms with Gasteiger partial charge in [0.25, 0.3) is 0 Å². The molecule has 140 valence electrons. The fraction of sp³-hybridized carbons (Fsp3) is 0.700. The summed E-state index contributed by atoms with van der Waals surface area (Å²) in [6, 6.07) is 9.31. The fourth-order valence-electron chi connectivity index (χ4n) is 3.58. The second-order valence-electron chi connectivity index (χ2n) is 8.92. The fourth-order valence-corrected chi connectivity index (χ4v) is 4.33. The van der Waals surface area contributed by atoms with E-state index in [4.69, 9.17) is 14.2 Å². The molecule has 4 nitrogen and oxygen atoms in total. The number of aliphatic hydroxyl groups excluding tert-OH is 1. The van der Waals surface area contributed by atoms with Gasteiger partial charge in [0, 0.05) is 20.1 Å². The first-order valence-electron chi connectivity index (χ1n) is 9.43. The van der Waals surface area contributed by atoms with E-state index in [-0.39, 0.29) is 24.4 Å². The summed E-state index contributed by atoms with van der Waals surface area (Å²) in [5.41, 5.74) is 1.15. The molecule has 1 N–H and O–H groups in total. The van der Waals surface area contributed by atoms with Gasteiger partial charge >= 0.3 is 0 Å². The summed E-state index contributed by atoms with van der Waals surface area (Å²) in [7, 11) is -1.06. The van der Waals surface area contributed by atoms with Crippen LogP contribution in [0.4, 0.5) is 0 Å². The molecule has 2 fully saturated rings. The van der Waals surface area contributed by atoms with Crippen LogP contribution in [0, 0.1) is 0 Å². The van der Waals surface area contributed by atoms with Gasteiger partial charge in [-0.3, -0.25) is 0 Å². The van der Waals surface area contributed by atoms with Crippen LogP contribution in [0.1, 0.15) is 31.2 Å². The maximum Gasteiger partial charge on any atom is 0.189 e. The summed E-state index contributed by atoms with van der Waals surface area (Å²) >= 11 is 0. The quantitative estimate of drug-likeness (QED) is 0.328. The van der Waals surface area contributed by atoms with Crippen molar-refractivity contribution in [2.24, 2.45) is 0 Å². The van der Waals surface area contributed by atoms with Crippen molar-refractivity contribution in [2.75, 3.05) is 26.6 Å². The summed E-state index contributed by atoms with van der Waals surface area (Å²) < 4.78 is 17.0. The van der Waals surface area contributed by atoms with Crippen LogP contribution in [0.25, 0.3) is 0 Å². The summed E-state index contributed by atoms with van der Waals surface area (Å²) in [5.74, 6) is 0.821. The average Bonchev–Trinajstić information content (AvgIpc) is 3.34. The van der Waals surface area contributed by atoms with E-state index in [1.807, 2.05) is 12.1 Å². The highest BCUT2D eigenvalue weighted by Gasteiger charge is 2.51. The van der Waals surface area contributed by atoms with Crippen LogP contribution in [-0.4, -0.2) is 45.4 Å². The first-order chi connectivity index (χ1) is 11.9. The van der Waals surface area contributed by atoms with Crippen molar-refractivity contribution < 1.29 is 19.3 Å². The van der Waals surface area contributed by atoms with Crippen molar-refractivity contribution in [3.63, 3.8) is 0 Å². The second kappa shape index (κ2) is 7.39. The van der Waals surface area contributed by atoms with Gasteiger partial charge < -0.3 is 19.3 Å². The Morgan fingerprint density at radius 2 is 1.88 bits per heavy atom. The number of ether oxygens (including phenoxy) is 3. The standard InChI is InChI=1S/C20H32O4Si/c1-25(2,3)12-11-22-16-23-18-6-4-5-17(13-18)19(14-21)7-9-20(10-8-19)15-24-20/h4-6,13,21H,7-12,14-16H2,1-3H3. The summed E-state index contributed by atoms with van der Waals surface area (Å²) in [4.78, 5) is 0. The summed E-state index contributed by atoms with van der Waals surface area (Å²) in [5, 5.41) is 10.1. The van der Waals surface area contributed by atoms with Crippen molar-refractivity contribution in [1.29, 1.82) is 0 Å². The zero-order chi connectivity index (χ0) is 18.0. The van der Waals surface area contributed by atoms with E-state index in [1.54, 1.807) is 0 Å². The minimum atomic E-state index is -1.06. The molecule has 0 unspecified atom stereocenters. The van der Waals surface area contributed by atoms with E-state index in [1.165, 1.54) is 5.56 Å². The molecule has 1 saturated heterocycles. The number of hydrogen-bond acceptors (Lipinski definition) is 4. The van der Waals surface area contributed by atoms with Gasteiger partial charge in [-0.1, -0.05) is 31.8 Å². The van der Waals surface area contributed by atoms with E-state index >= 15 is 0 Å². The van der Waals surface area contributed by atoms with Crippen molar-refractivity contribution >= 4 is 8.07 Å². The van der Waals surface area contributed by atoms with Gasteiger partial charge in [-0.25, -0.2) is 0 Å². The van der Waals surface area contributed by atoms with Crippen LogP contribution in [0.15, 0.2) is 24.3 Å². The van der Waals surface area contributed by atoms with Gasteiger partial charge in [-0.05, 0) is 49.4 Å². The molecule has 0 amide bonds. The van der Waals surface area contributed by atoms with Crippen molar-refractivity contribution in [2.45, 2.75) is 62.4 Å². The molecule has 0 bridgehead atoms. The zero-order valence-corrected chi connectivity index (χ0v) is 16.8. The Morgan fingerprint density at radius 3 is 2.48 bits per heavy atom. The van der Waals surface area contributed by atoms with Crippen LogP contribution in [0.3, 0.4) is 0 Å². The molecule has 1 aliphatic heterocycles. The van der Waals surface area contributed by atoms with Gasteiger partial charge in [0.15, 0.2) is 6.79 Å². The van der Waals surface area contributed by atoms with E-state index in [0.29, 0.717) is 0 Å². The highest BCUT2D eigenvalue weighted by atomic mass is 28.3. The van der Waals surface area contributed by atoms with Gasteiger partial charge in [-0.15, -0.1) is 0 Å². The maximum atomic E-state index is 10.1. The van der Waals surface area contributed by atoms with Gasteiger partial charge in [0.1, 0.15) is 5.75 Å². The third-order valence-electron chi connectivity index (χ3n) is 5.73. The first-order valence-corrected chi connectivity index (χ1v) is 13.1. The number of benzene rings is 1. The predicted molar refractivity (Wildman–Crippen MR) is 102 cm³/mol. The monoisotopic (exact) mass is 364 g/mol. The van der Waals surface area contributed by atoms with E-state index in [0.717, 1.165) is 50.7 Å². The Labute approximate surface area is 152 Å². The van der Waals surface area contributed by atoms with Crippen molar-refractivity contribution in [1.82, 2.24) is 0 Å². The molecular formula is C20H32O4Si. The Bertz CT molecular complexity index is 567. The molecule has 5 heteroatoms. The lowest BCUT2D eigenvalue weighted by Gasteiger charge is -2.38. The number of rotatable bonds is 8. The van der Waals surface area contributed by atoms with Crippen LogP contribution in [0.2, 0.25) is 25.7 Å². The number of aliphatic hydroxyl groups is 1. The van der Waals surface area contributed by atoms with Gasteiger partial charge in [-0.2, -0.15) is 0 Å². The Balaban J connectivity index is 1.55. The highest BCUT2D eigenvalue weighted by Crippen LogP contribution is 2.49. The molecule has 2 aliphatic rings. The Hall–Kier alpha value is -0.883. The average molecular weight is 365 g/mol. The lowest BCUT2D eigenvalue weighted by Crippen LogP contribution is -2.38. The van der Waals surface area contributed by atoms with E-state index in [9.17, 15) is 5.11 Å². The largest absolute Gasteiger partial charge is 0.468 e. The Morgan fingerprint density at radius 1 is 1.16 bits per heavy atom. The molecule has 1 aromatic carbocycles. The van der Waals surface area contributed by atoms with Crippen LogP contribution in [0.5, 0.6) is 5.75 Å². The minimum Gasteiger partial charge on any atom is -0.468 e. The number of hydrogen-bond donors (Lipinski definition) is 1. The Kier molecular flexibility index (Phi) is 5.59. The van der Waals surface area contributed by atoms with Crippen LogP contribution >= 0.6 is 0 Å².